The second-order valence-corrected chi connectivity index (χ2v) is 7.25. The lowest BCUT2D eigenvalue weighted by Gasteiger charge is -2.19. The van der Waals surface area contributed by atoms with Gasteiger partial charge in [-0.15, -0.1) is 0 Å². The van der Waals surface area contributed by atoms with E-state index in [1.54, 1.807) is 18.2 Å². The van der Waals surface area contributed by atoms with Crippen LogP contribution < -0.4 is 10.6 Å². The summed E-state index contributed by atoms with van der Waals surface area (Å²) in [7, 11) is 0. The van der Waals surface area contributed by atoms with Crippen molar-refractivity contribution >= 4 is 11.7 Å². The van der Waals surface area contributed by atoms with Gasteiger partial charge in [0.25, 0.3) is 0 Å². The first-order valence-electron chi connectivity index (χ1n) is 9.03. The third-order valence-electron chi connectivity index (χ3n) is 5.19. The number of alkyl halides is 3. The molecule has 0 bridgehead atoms. The van der Waals surface area contributed by atoms with Crippen LogP contribution in [-0.4, -0.2) is 34.9 Å². The molecule has 2 atom stereocenters. The van der Waals surface area contributed by atoms with Crippen LogP contribution >= 0.6 is 0 Å². The van der Waals surface area contributed by atoms with E-state index < -0.39 is 30.9 Å². The Kier molecular flexibility index (Phi) is 4.76. The van der Waals surface area contributed by atoms with Gasteiger partial charge in [0.05, 0.1) is 18.7 Å². The first-order chi connectivity index (χ1) is 13.3. The number of amides is 2. The summed E-state index contributed by atoms with van der Waals surface area (Å²) in [6.07, 6.45) is -4.51. The molecule has 0 spiro atoms. The molecule has 1 aliphatic heterocycles. The normalized spacial score (nSPS) is 21.3. The molecule has 0 unspecified atom stereocenters. The zero-order chi connectivity index (χ0) is 19.9. The zero-order valence-electron chi connectivity index (χ0n) is 15.0. The Morgan fingerprint density at radius 3 is 2.64 bits per heavy atom. The SMILES string of the molecule is O=C(Nc1cccc2c1CN(CC(F)(F)F)C2)N[C@@H]1c2ccccc2C[C@@H]1O. The van der Waals surface area contributed by atoms with Gasteiger partial charge in [0, 0.05) is 25.2 Å². The number of carbonyl (C=O) groups is 1. The minimum Gasteiger partial charge on any atom is -0.390 e. The molecule has 0 saturated heterocycles. The maximum absolute atomic E-state index is 12.7. The van der Waals surface area contributed by atoms with Crippen LogP contribution in [-0.2, 0) is 19.5 Å². The van der Waals surface area contributed by atoms with Gasteiger partial charge < -0.3 is 15.7 Å². The number of nitrogens with zero attached hydrogens (tertiary/aromatic N) is 1. The molecule has 148 valence electrons. The fourth-order valence-electron chi connectivity index (χ4n) is 4.02. The number of aliphatic hydroxyl groups is 1. The quantitative estimate of drug-likeness (QED) is 0.752. The number of hydrogen-bond donors (Lipinski definition) is 3. The summed E-state index contributed by atoms with van der Waals surface area (Å²) in [5.74, 6) is 0. The third-order valence-corrected chi connectivity index (χ3v) is 5.19. The predicted octanol–water partition coefficient (Wildman–Crippen LogP) is 3.34. The van der Waals surface area contributed by atoms with Gasteiger partial charge in [-0.25, -0.2) is 4.79 Å². The maximum Gasteiger partial charge on any atom is 0.401 e. The molecule has 28 heavy (non-hydrogen) atoms. The minimum atomic E-state index is -4.26. The van der Waals surface area contributed by atoms with Crippen molar-refractivity contribution in [2.24, 2.45) is 0 Å². The predicted molar refractivity (Wildman–Crippen MR) is 97.7 cm³/mol. The molecule has 8 heteroatoms. The number of urea groups is 1. The van der Waals surface area contributed by atoms with E-state index in [0.717, 1.165) is 16.7 Å². The van der Waals surface area contributed by atoms with Crippen LogP contribution in [0, 0.1) is 0 Å². The van der Waals surface area contributed by atoms with E-state index >= 15 is 0 Å². The Hall–Kier alpha value is -2.58. The summed E-state index contributed by atoms with van der Waals surface area (Å²) in [5, 5.41) is 15.8. The molecule has 2 aromatic rings. The van der Waals surface area contributed by atoms with E-state index in [1.807, 2.05) is 24.3 Å². The van der Waals surface area contributed by atoms with Crippen molar-refractivity contribution in [3.8, 4) is 0 Å². The summed E-state index contributed by atoms with van der Waals surface area (Å²) < 4.78 is 38.0. The summed E-state index contributed by atoms with van der Waals surface area (Å²) in [4.78, 5) is 13.8. The zero-order valence-corrected chi connectivity index (χ0v) is 15.0. The lowest BCUT2D eigenvalue weighted by molar-refractivity contribution is -0.146. The van der Waals surface area contributed by atoms with Gasteiger partial charge in [-0.3, -0.25) is 4.90 Å². The highest BCUT2D eigenvalue weighted by atomic mass is 19.4. The molecule has 0 fully saturated rings. The molecule has 1 aliphatic carbocycles. The summed E-state index contributed by atoms with van der Waals surface area (Å²) >= 11 is 0. The number of hydrogen-bond acceptors (Lipinski definition) is 3. The molecule has 0 radical (unpaired) electrons. The first-order valence-corrected chi connectivity index (χ1v) is 9.03. The van der Waals surface area contributed by atoms with Gasteiger partial charge in [-0.1, -0.05) is 36.4 Å². The fourth-order valence-corrected chi connectivity index (χ4v) is 4.02. The van der Waals surface area contributed by atoms with Crippen LogP contribution in [0.5, 0.6) is 0 Å². The Labute approximate surface area is 160 Å². The fraction of sp³-hybridized carbons (Fsp3) is 0.350. The summed E-state index contributed by atoms with van der Waals surface area (Å²) in [6, 6.07) is 11.7. The number of anilines is 1. The topological polar surface area (TPSA) is 64.6 Å². The van der Waals surface area contributed by atoms with E-state index in [0.29, 0.717) is 17.7 Å². The highest BCUT2D eigenvalue weighted by molar-refractivity contribution is 5.90. The Balaban J connectivity index is 1.45. The molecule has 4 rings (SSSR count). The third kappa shape index (κ3) is 3.83. The van der Waals surface area contributed by atoms with E-state index in [1.165, 1.54) is 4.90 Å². The van der Waals surface area contributed by atoms with Crippen molar-refractivity contribution in [2.45, 2.75) is 37.8 Å². The van der Waals surface area contributed by atoms with Gasteiger partial charge >= 0.3 is 12.2 Å². The van der Waals surface area contributed by atoms with E-state index in [4.69, 9.17) is 0 Å². The molecular weight excluding hydrogens is 371 g/mol. The number of benzene rings is 2. The molecular formula is C20H20F3N3O2. The monoisotopic (exact) mass is 391 g/mol. The van der Waals surface area contributed by atoms with Crippen molar-refractivity contribution in [3.63, 3.8) is 0 Å². The average Bonchev–Trinajstić information content (AvgIpc) is 3.15. The van der Waals surface area contributed by atoms with Crippen LogP contribution in [0.1, 0.15) is 28.3 Å². The smallest absolute Gasteiger partial charge is 0.390 e. The second kappa shape index (κ2) is 7.10. The number of carbonyl (C=O) groups excluding carboxylic acids is 1. The maximum atomic E-state index is 12.7. The number of rotatable bonds is 3. The Bertz CT molecular complexity index is 901. The highest BCUT2D eigenvalue weighted by Gasteiger charge is 2.35. The van der Waals surface area contributed by atoms with Crippen molar-refractivity contribution in [1.29, 1.82) is 0 Å². The molecule has 2 amide bonds. The van der Waals surface area contributed by atoms with Gasteiger partial charge in [0.1, 0.15) is 0 Å². The lowest BCUT2D eigenvalue weighted by Crippen LogP contribution is -2.37. The number of aliphatic hydroxyl groups excluding tert-OH is 1. The summed E-state index contributed by atoms with van der Waals surface area (Å²) in [6.45, 7) is -0.667. The second-order valence-electron chi connectivity index (χ2n) is 7.25. The highest BCUT2D eigenvalue weighted by Crippen LogP contribution is 2.33. The van der Waals surface area contributed by atoms with Gasteiger partial charge in [-0.05, 0) is 28.3 Å². The molecule has 0 saturated carbocycles. The molecule has 5 nitrogen and oxygen atoms in total. The first kappa shape index (κ1) is 18.8. The Morgan fingerprint density at radius 2 is 1.86 bits per heavy atom. The molecule has 2 aliphatic rings. The van der Waals surface area contributed by atoms with Crippen molar-refractivity contribution < 1.29 is 23.1 Å². The summed E-state index contributed by atoms with van der Waals surface area (Å²) in [5.41, 5.74) is 3.81. The van der Waals surface area contributed by atoms with Crippen molar-refractivity contribution in [3.05, 3.63) is 64.7 Å². The average molecular weight is 391 g/mol. The van der Waals surface area contributed by atoms with Crippen molar-refractivity contribution in [1.82, 2.24) is 10.2 Å². The van der Waals surface area contributed by atoms with E-state index in [9.17, 15) is 23.1 Å². The number of fused-ring (bicyclic) bond motifs is 2. The van der Waals surface area contributed by atoms with E-state index in [2.05, 4.69) is 10.6 Å². The van der Waals surface area contributed by atoms with Crippen LogP contribution in [0.15, 0.2) is 42.5 Å². The minimum absolute atomic E-state index is 0.125. The van der Waals surface area contributed by atoms with E-state index in [-0.39, 0.29) is 13.1 Å². The standard InChI is InChI=1S/C20H20F3N3O2/c21-20(22,23)11-26-9-13-5-3-7-16(15(13)10-26)24-19(28)25-18-14-6-2-1-4-12(14)8-17(18)27/h1-7,17-18,27H,8-11H2,(H2,24,25,28)/t17-,18+/m0/s1. The molecule has 2 aromatic carbocycles. The molecule has 0 aromatic heterocycles. The largest absolute Gasteiger partial charge is 0.401 e. The van der Waals surface area contributed by atoms with Crippen LogP contribution in [0.25, 0.3) is 0 Å². The van der Waals surface area contributed by atoms with Crippen LogP contribution in [0.3, 0.4) is 0 Å². The van der Waals surface area contributed by atoms with Crippen LogP contribution in [0.4, 0.5) is 23.7 Å². The van der Waals surface area contributed by atoms with Gasteiger partial charge in [0.2, 0.25) is 0 Å². The Morgan fingerprint density at radius 1 is 1.11 bits per heavy atom. The number of halogens is 3. The van der Waals surface area contributed by atoms with Crippen LogP contribution in [0.2, 0.25) is 0 Å². The molecule has 3 N–H and O–H groups in total. The molecule has 1 heterocycles. The van der Waals surface area contributed by atoms with Gasteiger partial charge in [0.15, 0.2) is 0 Å². The van der Waals surface area contributed by atoms with Gasteiger partial charge in [-0.2, -0.15) is 13.2 Å². The number of nitrogens with one attached hydrogen (secondary N) is 2. The van der Waals surface area contributed by atoms with Crippen molar-refractivity contribution in [2.75, 3.05) is 11.9 Å². The lowest BCUT2D eigenvalue weighted by atomic mass is 10.1.